The topological polar surface area (TPSA) is 102 Å². The number of nitrogens with zero attached hydrogens (tertiary/aromatic N) is 1. The van der Waals surface area contributed by atoms with Crippen LogP contribution in [0.5, 0.6) is 0 Å². The number of aryl methyl sites for hydroxylation is 1. The molecule has 0 aromatic heterocycles. The third-order valence-corrected chi connectivity index (χ3v) is 5.98. The molecule has 3 unspecified atom stereocenters. The minimum absolute atomic E-state index is 0.0811. The van der Waals surface area contributed by atoms with Crippen molar-refractivity contribution < 1.29 is 28.1 Å². The Morgan fingerprint density at radius 2 is 2.03 bits per heavy atom. The first-order chi connectivity index (χ1) is 13.9. The molecule has 1 aromatic rings. The highest BCUT2D eigenvalue weighted by molar-refractivity contribution is 7.85. The Hall–Kier alpha value is -2.26. The second kappa shape index (κ2) is 11.7. The van der Waals surface area contributed by atoms with Crippen molar-refractivity contribution in [1.29, 1.82) is 0 Å². The predicted octanol–water partition coefficient (Wildman–Crippen LogP) is 0.273. The number of amides is 1. The largest absolute Gasteiger partial charge is 0.468 e. The van der Waals surface area contributed by atoms with E-state index in [9.17, 15) is 18.6 Å². The number of nitrogens with one attached hydrogen (secondary N) is 1. The number of esters is 2. The summed E-state index contributed by atoms with van der Waals surface area (Å²) in [6.45, 7) is 1.93. The van der Waals surface area contributed by atoms with Crippen LogP contribution in [0.15, 0.2) is 30.3 Å². The maximum atomic E-state index is 12.9. The SMILES string of the molecule is CCOC(=O)C(CCc1ccccc1)NC1CS(=O)CCN(CC(=O)OC)C1=O. The zero-order valence-electron chi connectivity index (χ0n) is 16.8. The third-order valence-electron chi connectivity index (χ3n) is 4.64. The van der Waals surface area contributed by atoms with Crippen LogP contribution in [-0.4, -0.2) is 77.4 Å². The molecule has 9 heteroatoms. The Morgan fingerprint density at radius 3 is 2.69 bits per heavy atom. The average Bonchev–Trinajstić information content (AvgIpc) is 2.85. The summed E-state index contributed by atoms with van der Waals surface area (Å²) in [5, 5.41) is 3.04. The van der Waals surface area contributed by atoms with Gasteiger partial charge in [0.15, 0.2) is 0 Å². The number of benzene rings is 1. The van der Waals surface area contributed by atoms with E-state index >= 15 is 0 Å². The quantitative estimate of drug-likeness (QED) is 0.568. The van der Waals surface area contributed by atoms with Gasteiger partial charge in [-0.15, -0.1) is 0 Å². The Balaban J connectivity index is 2.12. The van der Waals surface area contributed by atoms with Crippen molar-refractivity contribution in [1.82, 2.24) is 10.2 Å². The van der Waals surface area contributed by atoms with Crippen molar-refractivity contribution in [3.8, 4) is 0 Å². The summed E-state index contributed by atoms with van der Waals surface area (Å²) in [6, 6.07) is 8.13. The molecule has 0 radical (unpaired) electrons. The molecule has 0 aliphatic carbocycles. The first kappa shape index (κ1) is 23.0. The zero-order chi connectivity index (χ0) is 21.2. The van der Waals surface area contributed by atoms with E-state index in [1.165, 1.54) is 12.0 Å². The molecule has 1 heterocycles. The molecule has 0 saturated carbocycles. The number of carbonyl (C=O) groups is 3. The number of rotatable bonds is 9. The van der Waals surface area contributed by atoms with Gasteiger partial charge in [-0.3, -0.25) is 23.9 Å². The van der Waals surface area contributed by atoms with Crippen LogP contribution >= 0.6 is 0 Å². The summed E-state index contributed by atoms with van der Waals surface area (Å²) >= 11 is 0. The molecule has 1 aliphatic rings. The molecule has 1 aliphatic heterocycles. The van der Waals surface area contributed by atoms with E-state index in [0.29, 0.717) is 12.8 Å². The van der Waals surface area contributed by atoms with Gasteiger partial charge in [0.05, 0.1) is 19.8 Å². The van der Waals surface area contributed by atoms with Gasteiger partial charge in [-0.2, -0.15) is 0 Å². The lowest BCUT2D eigenvalue weighted by atomic mass is 10.0. The second-order valence-corrected chi connectivity index (χ2v) is 8.32. The molecule has 1 N–H and O–H groups in total. The van der Waals surface area contributed by atoms with Crippen LogP contribution in [-0.2, 0) is 41.1 Å². The van der Waals surface area contributed by atoms with Crippen molar-refractivity contribution in [2.45, 2.75) is 31.8 Å². The highest BCUT2D eigenvalue weighted by atomic mass is 32.2. The molecule has 160 valence electrons. The summed E-state index contributed by atoms with van der Waals surface area (Å²) < 4.78 is 22.1. The van der Waals surface area contributed by atoms with E-state index in [1.807, 2.05) is 30.3 Å². The summed E-state index contributed by atoms with van der Waals surface area (Å²) in [5.74, 6) is -1.01. The van der Waals surface area contributed by atoms with Gasteiger partial charge in [-0.05, 0) is 25.3 Å². The van der Waals surface area contributed by atoms with E-state index in [1.54, 1.807) is 6.92 Å². The fourth-order valence-electron chi connectivity index (χ4n) is 3.09. The molecule has 1 saturated heterocycles. The van der Waals surface area contributed by atoms with E-state index in [-0.39, 0.29) is 37.1 Å². The van der Waals surface area contributed by atoms with Gasteiger partial charge < -0.3 is 14.4 Å². The predicted molar refractivity (Wildman–Crippen MR) is 109 cm³/mol. The lowest BCUT2D eigenvalue weighted by Gasteiger charge is -2.26. The molecule has 29 heavy (non-hydrogen) atoms. The maximum absolute atomic E-state index is 12.9. The normalized spacial score (nSPS) is 20.6. The lowest BCUT2D eigenvalue weighted by molar-refractivity contribution is -0.149. The van der Waals surface area contributed by atoms with Crippen LogP contribution in [0.1, 0.15) is 18.9 Å². The Kier molecular flexibility index (Phi) is 9.27. The highest BCUT2D eigenvalue weighted by Crippen LogP contribution is 2.11. The monoisotopic (exact) mass is 424 g/mol. The van der Waals surface area contributed by atoms with Crippen molar-refractivity contribution in [2.24, 2.45) is 0 Å². The minimum atomic E-state index is -1.25. The summed E-state index contributed by atoms with van der Waals surface area (Å²) in [4.78, 5) is 38.3. The van der Waals surface area contributed by atoms with Crippen molar-refractivity contribution >= 4 is 28.6 Å². The van der Waals surface area contributed by atoms with Crippen LogP contribution in [0.25, 0.3) is 0 Å². The molecule has 1 fully saturated rings. The highest BCUT2D eigenvalue weighted by Gasteiger charge is 2.34. The molecule has 8 nitrogen and oxygen atoms in total. The maximum Gasteiger partial charge on any atom is 0.325 e. The first-order valence-corrected chi connectivity index (χ1v) is 11.1. The number of methoxy groups -OCH3 is 1. The van der Waals surface area contributed by atoms with Crippen molar-refractivity contribution in [3.05, 3.63) is 35.9 Å². The van der Waals surface area contributed by atoms with Crippen LogP contribution in [0.2, 0.25) is 0 Å². The number of hydrogen-bond acceptors (Lipinski definition) is 7. The van der Waals surface area contributed by atoms with Gasteiger partial charge in [0.2, 0.25) is 5.91 Å². The molecular formula is C20H28N2O6S. The van der Waals surface area contributed by atoms with Gasteiger partial charge >= 0.3 is 11.9 Å². The second-order valence-electron chi connectivity index (χ2n) is 6.69. The standard InChI is InChI=1S/C20H28N2O6S/c1-3-28-20(25)16(10-9-15-7-5-4-6-8-15)21-17-14-29(26)12-11-22(19(17)24)13-18(23)27-2/h4-8,16-17,21H,3,9-14H2,1-2H3. The van der Waals surface area contributed by atoms with E-state index in [4.69, 9.17) is 4.74 Å². The number of ether oxygens (including phenoxy) is 2. The van der Waals surface area contributed by atoms with Gasteiger partial charge in [0.25, 0.3) is 0 Å². The molecule has 1 aromatic carbocycles. The Bertz CT molecular complexity index is 727. The third kappa shape index (κ3) is 7.25. The van der Waals surface area contributed by atoms with Gasteiger partial charge in [0.1, 0.15) is 12.6 Å². The number of hydrogen-bond donors (Lipinski definition) is 1. The average molecular weight is 425 g/mol. The number of carbonyl (C=O) groups excluding carboxylic acids is 3. The lowest BCUT2D eigenvalue weighted by Crippen LogP contribution is -2.54. The zero-order valence-corrected chi connectivity index (χ0v) is 17.6. The minimum Gasteiger partial charge on any atom is -0.468 e. The van der Waals surface area contributed by atoms with Gasteiger partial charge in [-0.25, -0.2) is 0 Å². The molecule has 2 rings (SSSR count). The van der Waals surface area contributed by atoms with Crippen molar-refractivity contribution in [2.75, 3.05) is 38.3 Å². The van der Waals surface area contributed by atoms with Crippen LogP contribution < -0.4 is 5.32 Å². The van der Waals surface area contributed by atoms with E-state index in [0.717, 1.165) is 5.56 Å². The van der Waals surface area contributed by atoms with Gasteiger partial charge in [-0.1, -0.05) is 30.3 Å². The molecule has 0 bridgehead atoms. The summed E-state index contributed by atoms with van der Waals surface area (Å²) in [7, 11) is 0.000553. The van der Waals surface area contributed by atoms with E-state index < -0.39 is 34.8 Å². The smallest absolute Gasteiger partial charge is 0.325 e. The molecular weight excluding hydrogens is 396 g/mol. The Labute approximate surface area is 173 Å². The van der Waals surface area contributed by atoms with E-state index in [2.05, 4.69) is 10.1 Å². The fourth-order valence-corrected chi connectivity index (χ4v) is 4.29. The molecule has 0 spiro atoms. The Morgan fingerprint density at radius 1 is 1.31 bits per heavy atom. The van der Waals surface area contributed by atoms with Crippen LogP contribution in [0, 0.1) is 0 Å². The van der Waals surface area contributed by atoms with Gasteiger partial charge in [0, 0.05) is 28.9 Å². The molecule has 3 atom stereocenters. The fraction of sp³-hybridized carbons (Fsp3) is 0.550. The van der Waals surface area contributed by atoms with Crippen LogP contribution in [0.3, 0.4) is 0 Å². The summed E-state index contributed by atoms with van der Waals surface area (Å²) in [5.41, 5.74) is 1.06. The first-order valence-electron chi connectivity index (χ1n) is 9.61. The van der Waals surface area contributed by atoms with Crippen LogP contribution in [0.4, 0.5) is 0 Å². The summed E-state index contributed by atoms with van der Waals surface area (Å²) in [6.07, 6.45) is 1.05. The van der Waals surface area contributed by atoms with Crippen molar-refractivity contribution in [3.63, 3.8) is 0 Å². The molecule has 1 amide bonds.